The molecule has 110 valence electrons. The minimum Gasteiger partial charge on any atom is -0.491 e. The van der Waals surface area contributed by atoms with Crippen LogP contribution in [-0.2, 0) is 0 Å². The fraction of sp³-hybridized carbons (Fsp3) is 0.385. The smallest absolute Gasteiger partial charge is 0.312 e. The Kier molecular flexibility index (Phi) is 5.79. The number of benzene rings is 1. The zero-order chi connectivity index (χ0) is 15.1. The summed E-state index contributed by atoms with van der Waals surface area (Å²) in [5.41, 5.74) is 5.18. The number of ether oxygens (including phenoxy) is 1. The van der Waals surface area contributed by atoms with E-state index < -0.39 is 11.9 Å². The summed E-state index contributed by atoms with van der Waals surface area (Å²) in [5, 5.41) is 12.4. The van der Waals surface area contributed by atoms with E-state index in [1.807, 2.05) is 13.8 Å². The summed E-state index contributed by atoms with van der Waals surface area (Å²) in [4.78, 5) is 22.4. The summed E-state index contributed by atoms with van der Waals surface area (Å²) in [6, 6.07) is 5.80. The third kappa shape index (κ3) is 5.15. The van der Waals surface area contributed by atoms with E-state index in [0.717, 1.165) is 0 Å². The Balaban J connectivity index is 2.64. The predicted molar refractivity (Wildman–Crippen MR) is 72.6 cm³/mol. The highest BCUT2D eigenvalue weighted by atomic mass is 16.5. The van der Waals surface area contributed by atoms with E-state index in [0.29, 0.717) is 16.4 Å². The van der Waals surface area contributed by atoms with Crippen molar-refractivity contribution in [1.82, 2.24) is 10.4 Å². The average Bonchev–Trinajstić information content (AvgIpc) is 2.36. The zero-order valence-electron chi connectivity index (χ0n) is 11.5. The van der Waals surface area contributed by atoms with Crippen molar-refractivity contribution in [2.45, 2.75) is 20.0 Å². The molecule has 0 bridgehead atoms. The van der Waals surface area contributed by atoms with Gasteiger partial charge in [-0.1, -0.05) is 6.07 Å². The maximum absolute atomic E-state index is 11.9. The maximum Gasteiger partial charge on any atom is 0.312 e. The number of urea groups is 1. The first kappa shape index (κ1) is 15.8. The van der Waals surface area contributed by atoms with Crippen LogP contribution in [0.2, 0.25) is 0 Å². The van der Waals surface area contributed by atoms with Gasteiger partial charge >= 0.3 is 6.03 Å². The molecule has 20 heavy (non-hydrogen) atoms. The van der Waals surface area contributed by atoms with Gasteiger partial charge in [-0.15, -0.1) is 0 Å². The van der Waals surface area contributed by atoms with Gasteiger partial charge in [0.2, 0.25) is 0 Å². The molecule has 0 atom stereocenters. The summed E-state index contributed by atoms with van der Waals surface area (Å²) in [6.45, 7) is 3.77. The molecular weight excluding hydrogens is 262 g/mol. The number of amides is 3. The predicted octanol–water partition coefficient (Wildman–Crippen LogP) is 0.974. The molecule has 0 unspecified atom stereocenters. The lowest BCUT2D eigenvalue weighted by Gasteiger charge is -2.16. The SMILES string of the molecule is CC(C)Oc1cccc(C(=O)N(O)CCNC(N)=O)c1. The van der Waals surface area contributed by atoms with Gasteiger partial charge in [0.15, 0.2) is 0 Å². The van der Waals surface area contributed by atoms with Crippen LogP contribution in [0.15, 0.2) is 24.3 Å². The van der Waals surface area contributed by atoms with E-state index in [1.54, 1.807) is 24.3 Å². The molecule has 3 amide bonds. The van der Waals surface area contributed by atoms with Crippen molar-refractivity contribution in [2.24, 2.45) is 5.73 Å². The van der Waals surface area contributed by atoms with Gasteiger partial charge in [0.1, 0.15) is 5.75 Å². The maximum atomic E-state index is 11.9. The van der Waals surface area contributed by atoms with Gasteiger partial charge < -0.3 is 15.8 Å². The Labute approximate surface area is 117 Å². The molecule has 1 aromatic rings. The van der Waals surface area contributed by atoms with Crippen molar-refractivity contribution in [3.05, 3.63) is 29.8 Å². The third-order valence-corrected chi connectivity index (χ3v) is 2.31. The van der Waals surface area contributed by atoms with Crippen LogP contribution in [0.5, 0.6) is 5.75 Å². The van der Waals surface area contributed by atoms with Gasteiger partial charge in [0.25, 0.3) is 5.91 Å². The van der Waals surface area contributed by atoms with Crippen molar-refractivity contribution < 1.29 is 19.5 Å². The largest absolute Gasteiger partial charge is 0.491 e. The van der Waals surface area contributed by atoms with Crippen molar-refractivity contribution in [3.63, 3.8) is 0 Å². The van der Waals surface area contributed by atoms with Gasteiger partial charge in [-0.3, -0.25) is 10.0 Å². The molecule has 0 heterocycles. The monoisotopic (exact) mass is 281 g/mol. The standard InChI is InChI=1S/C13H19N3O4/c1-9(2)20-11-5-3-4-10(8-11)12(17)16(19)7-6-15-13(14)18/h3-5,8-9,19H,6-7H2,1-2H3,(H3,14,15,18). The number of nitrogens with zero attached hydrogens (tertiary/aromatic N) is 1. The van der Waals surface area contributed by atoms with E-state index in [1.165, 1.54) is 0 Å². The molecule has 0 aliphatic carbocycles. The topological polar surface area (TPSA) is 105 Å². The molecule has 1 rings (SSSR count). The fourth-order valence-corrected chi connectivity index (χ4v) is 1.51. The van der Waals surface area contributed by atoms with E-state index in [-0.39, 0.29) is 19.2 Å². The molecule has 0 aliphatic heterocycles. The normalized spacial score (nSPS) is 10.2. The van der Waals surface area contributed by atoms with Crippen LogP contribution >= 0.6 is 0 Å². The van der Waals surface area contributed by atoms with Gasteiger partial charge in [0, 0.05) is 12.1 Å². The first-order valence-electron chi connectivity index (χ1n) is 6.21. The molecule has 0 fully saturated rings. The Morgan fingerprint density at radius 2 is 2.15 bits per heavy atom. The van der Waals surface area contributed by atoms with Gasteiger partial charge in [-0.05, 0) is 32.0 Å². The third-order valence-electron chi connectivity index (χ3n) is 2.31. The lowest BCUT2D eigenvalue weighted by atomic mass is 10.2. The van der Waals surface area contributed by atoms with Gasteiger partial charge in [-0.2, -0.15) is 0 Å². The molecule has 4 N–H and O–H groups in total. The Hall–Kier alpha value is -2.28. The summed E-state index contributed by atoms with van der Waals surface area (Å²) < 4.78 is 5.47. The van der Waals surface area contributed by atoms with Crippen LogP contribution in [0.25, 0.3) is 0 Å². The van der Waals surface area contributed by atoms with Crippen LogP contribution in [-0.4, -0.2) is 41.4 Å². The van der Waals surface area contributed by atoms with Gasteiger partial charge in [0.05, 0.1) is 12.6 Å². The Bertz CT molecular complexity index is 476. The number of hydrogen-bond acceptors (Lipinski definition) is 4. The molecule has 0 radical (unpaired) electrons. The van der Waals surface area contributed by atoms with E-state index >= 15 is 0 Å². The van der Waals surface area contributed by atoms with Crippen molar-refractivity contribution in [3.8, 4) is 5.75 Å². The number of carbonyl (C=O) groups excluding carboxylic acids is 2. The van der Waals surface area contributed by atoms with Crippen LogP contribution in [0.3, 0.4) is 0 Å². The summed E-state index contributed by atoms with van der Waals surface area (Å²) >= 11 is 0. The van der Waals surface area contributed by atoms with Crippen molar-refractivity contribution in [2.75, 3.05) is 13.1 Å². The number of rotatable bonds is 6. The zero-order valence-corrected chi connectivity index (χ0v) is 11.5. The number of nitrogens with two attached hydrogens (primary N) is 1. The molecule has 1 aromatic carbocycles. The molecule has 0 saturated carbocycles. The van der Waals surface area contributed by atoms with Crippen LogP contribution in [0, 0.1) is 0 Å². The van der Waals surface area contributed by atoms with Gasteiger partial charge in [-0.25, -0.2) is 9.86 Å². The molecular formula is C13H19N3O4. The van der Waals surface area contributed by atoms with Crippen LogP contribution in [0.4, 0.5) is 4.79 Å². The second-order valence-electron chi connectivity index (χ2n) is 4.41. The molecule has 7 heteroatoms. The second-order valence-corrected chi connectivity index (χ2v) is 4.41. The molecule has 0 aliphatic rings. The minimum atomic E-state index is -0.710. The summed E-state index contributed by atoms with van der Waals surface area (Å²) in [7, 11) is 0. The molecule has 0 aromatic heterocycles. The van der Waals surface area contributed by atoms with E-state index in [4.69, 9.17) is 10.5 Å². The molecule has 7 nitrogen and oxygen atoms in total. The number of hydroxylamine groups is 2. The van der Waals surface area contributed by atoms with Crippen LogP contribution in [0.1, 0.15) is 24.2 Å². The molecule has 0 spiro atoms. The quantitative estimate of drug-likeness (QED) is 0.533. The highest BCUT2D eigenvalue weighted by molar-refractivity contribution is 5.93. The number of hydrogen-bond donors (Lipinski definition) is 3. The molecule has 0 saturated heterocycles. The summed E-state index contributed by atoms with van der Waals surface area (Å²) in [6.07, 6.45) is -0.00894. The highest BCUT2D eigenvalue weighted by Crippen LogP contribution is 2.15. The van der Waals surface area contributed by atoms with E-state index in [2.05, 4.69) is 5.32 Å². The lowest BCUT2D eigenvalue weighted by molar-refractivity contribution is -0.0565. The second kappa shape index (κ2) is 7.34. The highest BCUT2D eigenvalue weighted by Gasteiger charge is 2.14. The van der Waals surface area contributed by atoms with E-state index in [9.17, 15) is 14.8 Å². The fourth-order valence-electron chi connectivity index (χ4n) is 1.51. The first-order chi connectivity index (χ1) is 9.40. The first-order valence-corrected chi connectivity index (χ1v) is 6.21. The minimum absolute atomic E-state index is 0.00894. The Morgan fingerprint density at radius 1 is 1.45 bits per heavy atom. The average molecular weight is 281 g/mol. The number of nitrogens with one attached hydrogen (secondary N) is 1. The van der Waals surface area contributed by atoms with Crippen molar-refractivity contribution >= 4 is 11.9 Å². The lowest BCUT2D eigenvalue weighted by Crippen LogP contribution is -2.38. The number of carbonyl (C=O) groups is 2. The Morgan fingerprint density at radius 3 is 2.75 bits per heavy atom. The van der Waals surface area contributed by atoms with Crippen LogP contribution < -0.4 is 15.8 Å². The number of primary amides is 1. The summed E-state index contributed by atoms with van der Waals surface area (Å²) in [5.74, 6) is -0.0278. The van der Waals surface area contributed by atoms with Crippen molar-refractivity contribution in [1.29, 1.82) is 0 Å².